The highest BCUT2D eigenvalue weighted by Crippen LogP contribution is 2.30. The van der Waals surface area contributed by atoms with Crippen molar-refractivity contribution in [2.75, 3.05) is 18.6 Å². The lowest BCUT2D eigenvalue weighted by molar-refractivity contribution is -0.270. The van der Waals surface area contributed by atoms with Gasteiger partial charge in [-0.25, -0.2) is 0 Å². The average Bonchev–Trinajstić information content (AvgIpc) is 2.88. The fourth-order valence-electron chi connectivity index (χ4n) is 3.27. The number of fused-ring (bicyclic) bond motifs is 1. The molecule has 1 aromatic rings. The molecule has 28 heavy (non-hydrogen) atoms. The van der Waals surface area contributed by atoms with E-state index in [9.17, 15) is 24.9 Å². The van der Waals surface area contributed by atoms with Gasteiger partial charge in [-0.1, -0.05) is 16.8 Å². The first kappa shape index (κ1) is 20.2. The van der Waals surface area contributed by atoms with Crippen molar-refractivity contribution < 1.29 is 34.5 Å². The number of carbonyl (C=O) groups excluding carboxylic acids is 2. The number of hydrogen-bond donors (Lipinski definition) is 4. The topological polar surface area (TPSA) is 141 Å². The number of aryl methyl sites for hydroxylation is 1. The van der Waals surface area contributed by atoms with Crippen LogP contribution in [0.1, 0.15) is 18.1 Å². The SMILES string of the molecule is CC(=O)NC1C(ON=C2C(=O)N(C)c3ccc(C)cc32)OC(CO)C(O)C1O. The molecule has 2 aliphatic heterocycles. The largest absolute Gasteiger partial charge is 0.394 e. The third kappa shape index (κ3) is 3.59. The first-order chi connectivity index (χ1) is 13.2. The monoisotopic (exact) mass is 393 g/mol. The summed E-state index contributed by atoms with van der Waals surface area (Å²) in [6.07, 6.45) is -5.35. The maximum absolute atomic E-state index is 12.5. The molecule has 1 saturated heterocycles. The number of anilines is 1. The molecule has 0 radical (unpaired) electrons. The number of aliphatic hydroxyl groups is 3. The van der Waals surface area contributed by atoms with Gasteiger partial charge in [-0.2, -0.15) is 0 Å². The van der Waals surface area contributed by atoms with Gasteiger partial charge in [0.05, 0.1) is 12.3 Å². The van der Waals surface area contributed by atoms with Gasteiger partial charge in [0.15, 0.2) is 5.71 Å². The molecule has 1 fully saturated rings. The van der Waals surface area contributed by atoms with Gasteiger partial charge in [-0.05, 0) is 19.1 Å². The lowest BCUT2D eigenvalue weighted by Crippen LogP contribution is -2.64. The van der Waals surface area contributed by atoms with E-state index >= 15 is 0 Å². The van der Waals surface area contributed by atoms with E-state index in [1.807, 2.05) is 13.0 Å². The van der Waals surface area contributed by atoms with Crippen molar-refractivity contribution in [2.24, 2.45) is 5.16 Å². The minimum Gasteiger partial charge on any atom is -0.394 e. The summed E-state index contributed by atoms with van der Waals surface area (Å²) in [5.41, 5.74) is 2.23. The summed E-state index contributed by atoms with van der Waals surface area (Å²) in [5, 5.41) is 36.0. The van der Waals surface area contributed by atoms with Gasteiger partial charge in [-0.3, -0.25) is 9.59 Å². The third-order valence-corrected chi connectivity index (χ3v) is 4.77. The van der Waals surface area contributed by atoms with E-state index in [1.165, 1.54) is 11.8 Å². The molecule has 152 valence electrons. The van der Waals surface area contributed by atoms with Crippen LogP contribution in [0.15, 0.2) is 23.4 Å². The number of carbonyl (C=O) groups is 2. The van der Waals surface area contributed by atoms with Crippen LogP contribution in [0, 0.1) is 6.92 Å². The molecular weight excluding hydrogens is 370 g/mol. The number of nitrogens with zero attached hydrogens (tertiary/aromatic N) is 2. The zero-order valence-electron chi connectivity index (χ0n) is 15.7. The van der Waals surface area contributed by atoms with E-state index < -0.39 is 43.2 Å². The summed E-state index contributed by atoms with van der Waals surface area (Å²) in [5.74, 6) is -0.868. The highest BCUT2D eigenvalue weighted by molar-refractivity contribution is 6.54. The Morgan fingerprint density at radius 3 is 2.71 bits per heavy atom. The van der Waals surface area contributed by atoms with E-state index in [4.69, 9.17) is 9.57 Å². The highest BCUT2D eigenvalue weighted by atomic mass is 16.8. The third-order valence-electron chi connectivity index (χ3n) is 4.77. The summed E-state index contributed by atoms with van der Waals surface area (Å²) in [6, 6.07) is 4.31. The predicted molar refractivity (Wildman–Crippen MR) is 97.6 cm³/mol. The molecule has 2 aliphatic rings. The normalized spacial score (nSPS) is 31.1. The number of nitrogens with one attached hydrogen (secondary N) is 1. The number of likely N-dealkylation sites (N-methyl/N-ethyl adjacent to an activating group) is 1. The maximum atomic E-state index is 12.5. The molecule has 0 spiro atoms. The Morgan fingerprint density at radius 1 is 1.36 bits per heavy atom. The second kappa shape index (κ2) is 7.84. The molecule has 1 aromatic carbocycles. The van der Waals surface area contributed by atoms with Crippen LogP contribution in [0.2, 0.25) is 0 Å². The molecule has 4 N–H and O–H groups in total. The molecular formula is C18H23N3O7. The number of hydrogen-bond acceptors (Lipinski definition) is 8. The second-order valence-corrected chi connectivity index (χ2v) is 6.86. The van der Waals surface area contributed by atoms with Gasteiger partial charge in [0.2, 0.25) is 12.2 Å². The number of aliphatic hydroxyl groups excluding tert-OH is 3. The standard InChI is InChI=1S/C18H23N3O7/c1-8-4-5-11-10(6-8)13(17(26)21(11)3)20-28-18-14(19-9(2)23)16(25)15(24)12(7-22)27-18/h4-6,12,14-16,18,22,24-25H,7H2,1-3H3,(H,19,23). The maximum Gasteiger partial charge on any atom is 0.280 e. The highest BCUT2D eigenvalue weighted by Gasteiger charge is 2.46. The fraction of sp³-hybridized carbons (Fsp3) is 0.500. The number of amides is 2. The van der Waals surface area contributed by atoms with Gasteiger partial charge in [0.1, 0.15) is 24.4 Å². The minimum absolute atomic E-state index is 0.0486. The van der Waals surface area contributed by atoms with Crippen molar-refractivity contribution in [2.45, 2.75) is 44.5 Å². The van der Waals surface area contributed by atoms with Gasteiger partial charge in [0, 0.05) is 19.5 Å². The smallest absolute Gasteiger partial charge is 0.280 e. The molecule has 5 unspecified atom stereocenters. The van der Waals surface area contributed by atoms with Crippen LogP contribution in [-0.2, 0) is 19.2 Å². The van der Waals surface area contributed by atoms with Crippen molar-refractivity contribution in [3.05, 3.63) is 29.3 Å². The Morgan fingerprint density at radius 2 is 2.07 bits per heavy atom. The number of ether oxygens (including phenoxy) is 1. The van der Waals surface area contributed by atoms with Crippen LogP contribution >= 0.6 is 0 Å². The number of oxime groups is 1. The van der Waals surface area contributed by atoms with Gasteiger partial charge in [-0.15, -0.1) is 0 Å². The molecule has 5 atom stereocenters. The summed E-state index contributed by atoms with van der Waals surface area (Å²) in [7, 11) is 1.61. The quantitative estimate of drug-likeness (QED) is 0.463. The van der Waals surface area contributed by atoms with Crippen LogP contribution in [0.4, 0.5) is 5.69 Å². The van der Waals surface area contributed by atoms with E-state index in [0.29, 0.717) is 11.3 Å². The van der Waals surface area contributed by atoms with Crippen LogP contribution in [0.3, 0.4) is 0 Å². The lowest BCUT2D eigenvalue weighted by Gasteiger charge is -2.40. The second-order valence-electron chi connectivity index (χ2n) is 6.86. The summed E-state index contributed by atoms with van der Waals surface area (Å²) in [6.45, 7) is 2.53. The zero-order valence-corrected chi connectivity index (χ0v) is 15.7. The van der Waals surface area contributed by atoms with Gasteiger partial charge >= 0.3 is 0 Å². The molecule has 10 nitrogen and oxygen atoms in total. The van der Waals surface area contributed by atoms with Crippen LogP contribution in [0.25, 0.3) is 0 Å². The van der Waals surface area contributed by atoms with E-state index in [0.717, 1.165) is 5.56 Å². The van der Waals surface area contributed by atoms with Gasteiger partial charge < -0.3 is 35.1 Å². The van der Waals surface area contributed by atoms with Crippen LogP contribution in [-0.4, -0.2) is 77.1 Å². The van der Waals surface area contributed by atoms with Crippen molar-refractivity contribution >= 4 is 23.2 Å². The zero-order chi connectivity index (χ0) is 20.6. The minimum atomic E-state index is -1.46. The Labute approximate surface area is 161 Å². The summed E-state index contributed by atoms with van der Waals surface area (Å²) >= 11 is 0. The summed E-state index contributed by atoms with van der Waals surface area (Å²) < 4.78 is 5.44. The molecule has 10 heteroatoms. The van der Waals surface area contributed by atoms with E-state index in [2.05, 4.69) is 10.5 Å². The lowest BCUT2D eigenvalue weighted by atomic mass is 9.97. The van der Waals surface area contributed by atoms with Crippen molar-refractivity contribution in [1.82, 2.24) is 5.32 Å². The molecule has 2 amide bonds. The molecule has 0 aromatic heterocycles. The Hall–Kier alpha value is -2.53. The van der Waals surface area contributed by atoms with Crippen LogP contribution < -0.4 is 10.2 Å². The molecule has 0 aliphatic carbocycles. The van der Waals surface area contributed by atoms with Crippen molar-refractivity contribution in [1.29, 1.82) is 0 Å². The Balaban J connectivity index is 1.89. The first-order valence-electron chi connectivity index (χ1n) is 8.77. The van der Waals surface area contributed by atoms with Crippen LogP contribution in [0.5, 0.6) is 0 Å². The molecule has 3 rings (SSSR count). The molecule has 2 heterocycles. The average molecular weight is 393 g/mol. The number of rotatable bonds is 4. The fourth-order valence-corrected chi connectivity index (χ4v) is 3.27. The number of benzene rings is 1. The van der Waals surface area contributed by atoms with Gasteiger partial charge in [0.25, 0.3) is 5.91 Å². The predicted octanol–water partition coefficient (Wildman–Crippen LogP) is -1.36. The summed E-state index contributed by atoms with van der Waals surface area (Å²) in [4.78, 5) is 30.8. The van der Waals surface area contributed by atoms with Crippen molar-refractivity contribution in [3.8, 4) is 0 Å². The molecule has 0 saturated carbocycles. The van der Waals surface area contributed by atoms with E-state index in [1.54, 1.807) is 19.2 Å². The van der Waals surface area contributed by atoms with Crippen molar-refractivity contribution in [3.63, 3.8) is 0 Å². The molecule has 0 bridgehead atoms. The first-order valence-corrected chi connectivity index (χ1v) is 8.77. The Bertz CT molecular complexity index is 812. The van der Waals surface area contributed by atoms with E-state index in [-0.39, 0.29) is 11.6 Å². The Kier molecular flexibility index (Phi) is 5.66.